The number of hydrogen-bond acceptors (Lipinski definition) is 4. The van der Waals surface area contributed by atoms with Gasteiger partial charge in [0.05, 0.1) is 6.42 Å². The number of para-hydroxylation sites is 1. The molecule has 1 unspecified atom stereocenters. The Balaban J connectivity index is 1.50. The van der Waals surface area contributed by atoms with Gasteiger partial charge in [-0.1, -0.05) is 60.7 Å². The summed E-state index contributed by atoms with van der Waals surface area (Å²) >= 11 is 0. The molecule has 0 fully saturated rings. The summed E-state index contributed by atoms with van der Waals surface area (Å²) in [7, 11) is 0. The smallest absolute Gasteiger partial charge is 0.326 e. The Hall–Kier alpha value is -3.67. The molecule has 1 N–H and O–H groups in total. The topological polar surface area (TPSA) is 75.7 Å². The van der Waals surface area contributed by atoms with E-state index in [-0.39, 0.29) is 24.8 Å². The molecule has 6 heteroatoms. The molecular weight excluding hydrogens is 428 g/mol. The van der Waals surface area contributed by atoms with E-state index in [0.717, 1.165) is 21.9 Å². The fraction of sp³-hybridized carbons (Fsp3) is 0.321. The van der Waals surface area contributed by atoms with E-state index in [9.17, 15) is 14.4 Å². The molecule has 0 bridgehead atoms. The molecule has 176 valence electrons. The van der Waals surface area contributed by atoms with E-state index in [4.69, 9.17) is 4.74 Å². The third kappa shape index (κ3) is 5.63. The average molecular weight is 459 g/mol. The van der Waals surface area contributed by atoms with Crippen molar-refractivity contribution in [3.8, 4) is 0 Å². The Morgan fingerprint density at radius 1 is 1.00 bits per heavy atom. The van der Waals surface area contributed by atoms with Gasteiger partial charge in [-0.3, -0.25) is 19.3 Å². The van der Waals surface area contributed by atoms with Crippen LogP contribution in [0.3, 0.4) is 0 Å². The molecule has 0 radical (unpaired) electrons. The van der Waals surface area contributed by atoms with Crippen molar-refractivity contribution in [2.24, 2.45) is 0 Å². The van der Waals surface area contributed by atoms with Crippen LogP contribution < -0.4 is 10.2 Å². The van der Waals surface area contributed by atoms with Gasteiger partial charge in [0.15, 0.2) is 0 Å². The molecule has 34 heavy (non-hydrogen) atoms. The molecule has 4 rings (SSSR count). The quantitative estimate of drug-likeness (QED) is 0.582. The Morgan fingerprint density at radius 3 is 2.47 bits per heavy atom. The van der Waals surface area contributed by atoms with E-state index < -0.39 is 17.6 Å². The predicted molar refractivity (Wildman–Crippen MR) is 133 cm³/mol. The highest BCUT2D eigenvalue weighted by molar-refractivity contribution is 6.03. The second kappa shape index (κ2) is 9.67. The first-order chi connectivity index (χ1) is 16.2. The van der Waals surface area contributed by atoms with Gasteiger partial charge in [0.25, 0.3) is 0 Å². The number of anilines is 1. The first kappa shape index (κ1) is 23.5. The van der Waals surface area contributed by atoms with E-state index in [1.165, 1.54) is 4.90 Å². The summed E-state index contributed by atoms with van der Waals surface area (Å²) in [6.45, 7) is 5.17. The third-order valence-corrected chi connectivity index (χ3v) is 5.77. The molecule has 2 amide bonds. The molecule has 3 aromatic rings. The molecule has 0 saturated heterocycles. The fourth-order valence-corrected chi connectivity index (χ4v) is 4.30. The summed E-state index contributed by atoms with van der Waals surface area (Å²) in [4.78, 5) is 40.4. The third-order valence-electron chi connectivity index (χ3n) is 5.77. The monoisotopic (exact) mass is 458 g/mol. The van der Waals surface area contributed by atoms with Crippen molar-refractivity contribution >= 4 is 34.2 Å². The van der Waals surface area contributed by atoms with E-state index in [1.54, 1.807) is 20.8 Å². The van der Waals surface area contributed by atoms with Gasteiger partial charge in [-0.05, 0) is 61.6 Å². The lowest BCUT2D eigenvalue weighted by atomic mass is 10.0. The maximum atomic E-state index is 13.5. The van der Waals surface area contributed by atoms with Crippen LogP contribution in [0, 0.1) is 0 Å². The maximum Gasteiger partial charge on any atom is 0.326 e. The highest BCUT2D eigenvalue weighted by Gasteiger charge is 2.33. The lowest BCUT2D eigenvalue weighted by molar-refractivity contribution is -0.153. The minimum absolute atomic E-state index is 0.174. The van der Waals surface area contributed by atoms with Crippen LogP contribution in [0.4, 0.5) is 5.69 Å². The van der Waals surface area contributed by atoms with Crippen LogP contribution in [-0.2, 0) is 32.0 Å². The second-order valence-electron chi connectivity index (χ2n) is 9.66. The van der Waals surface area contributed by atoms with Crippen LogP contribution >= 0.6 is 0 Å². The summed E-state index contributed by atoms with van der Waals surface area (Å²) in [5.74, 6) is -1.02. The van der Waals surface area contributed by atoms with Gasteiger partial charge >= 0.3 is 5.97 Å². The molecule has 0 saturated carbocycles. The minimum atomic E-state index is -0.720. The zero-order valence-electron chi connectivity index (χ0n) is 19.8. The molecule has 0 aromatic heterocycles. The molecule has 1 aliphatic rings. The summed E-state index contributed by atoms with van der Waals surface area (Å²) in [5, 5.41) is 5.09. The predicted octanol–water partition coefficient (Wildman–Crippen LogP) is 4.19. The molecule has 1 aliphatic heterocycles. The standard InChI is InChI=1S/C28H30N2O4/c1-28(2,3)34-26(32)18-30-24-11-7-6-9-21(24)14-15-23(27(30)33)29-25(31)17-19-12-13-20-8-4-5-10-22(20)16-19/h4-13,16,23H,14-15,17-18H2,1-3H3,(H,29,31). The van der Waals surface area contributed by atoms with Crippen LogP contribution in [0.15, 0.2) is 66.7 Å². The summed E-state index contributed by atoms with van der Waals surface area (Å²) < 4.78 is 5.45. The van der Waals surface area contributed by atoms with Gasteiger partial charge in [-0.15, -0.1) is 0 Å². The molecular formula is C28H30N2O4. The minimum Gasteiger partial charge on any atom is -0.459 e. The number of esters is 1. The van der Waals surface area contributed by atoms with Gasteiger partial charge in [0.1, 0.15) is 18.2 Å². The van der Waals surface area contributed by atoms with Gasteiger partial charge in [0.2, 0.25) is 11.8 Å². The van der Waals surface area contributed by atoms with E-state index in [2.05, 4.69) is 5.32 Å². The number of hydrogen-bond donors (Lipinski definition) is 1. The Morgan fingerprint density at radius 2 is 1.71 bits per heavy atom. The van der Waals surface area contributed by atoms with Crippen LogP contribution in [0.5, 0.6) is 0 Å². The Labute approximate surface area is 199 Å². The van der Waals surface area contributed by atoms with Crippen molar-refractivity contribution in [1.29, 1.82) is 0 Å². The summed E-state index contributed by atoms with van der Waals surface area (Å²) in [6.07, 6.45) is 1.26. The number of nitrogens with zero attached hydrogens (tertiary/aromatic N) is 1. The normalized spacial score (nSPS) is 16.0. The van der Waals surface area contributed by atoms with E-state index >= 15 is 0 Å². The number of carbonyl (C=O) groups excluding carboxylic acids is 3. The van der Waals surface area contributed by atoms with Crippen molar-refractivity contribution in [3.63, 3.8) is 0 Å². The largest absolute Gasteiger partial charge is 0.459 e. The SMILES string of the molecule is CC(C)(C)OC(=O)CN1C(=O)C(NC(=O)Cc2ccc3ccccc3c2)CCc2ccccc21. The number of aryl methyl sites for hydroxylation is 1. The van der Waals surface area contributed by atoms with Crippen LogP contribution in [0.1, 0.15) is 38.3 Å². The number of ether oxygens (including phenoxy) is 1. The highest BCUT2D eigenvalue weighted by Crippen LogP contribution is 2.27. The molecule has 1 heterocycles. The average Bonchev–Trinajstić information content (AvgIpc) is 2.90. The number of fused-ring (bicyclic) bond motifs is 2. The van der Waals surface area contributed by atoms with Crippen molar-refractivity contribution in [2.45, 2.75) is 51.7 Å². The zero-order chi connectivity index (χ0) is 24.3. The van der Waals surface area contributed by atoms with Crippen molar-refractivity contribution in [2.75, 3.05) is 11.4 Å². The van der Waals surface area contributed by atoms with Gasteiger partial charge in [0, 0.05) is 5.69 Å². The van der Waals surface area contributed by atoms with Crippen molar-refractivity contribution < 1.29 is 19.1 Å². The van der Waals surface area contributed by atoms with E-state index in [0.29, 0.717) is 18.5 Å². The highest BCUT2D eigenvalue weighted by atomic mass is 16.6. The van der Waals surface area contributed by atoms with Gasteiger partial charge in [-0.2, -0.15) is 0 Å². The van der Waals surface area contributed by atoms with Crippen molar-refractivity contribution in [1.82, 2.24) is 5.32 Å². The maximum absolute atomic E-state index is 13.5. The first-order valence-corrected chi connectivity index (χ1v) is 11.6. The van der Waals surface area contributed by atoms with E-state index in [1.807, 2.05) is 66.7 Å². The molecule has 1 atom stereocenters. The molecule has 0 spiro atoms. The molecule has 3 aromatic carbocycles. The first-order valence-electron chi connectivity index (χ1n) is 11.6. The summed E-state index contributed by atoms with van der Waals surface area (Å²) in [6, 6.07) is 20.7. The lowest BCUT2D eigenvalue weighted by Crippen LogP contribution is -2.50. The number of amides is 2. The van der Waals surface area contributed by atoms with Gasteiger partial charge < -0.3 is 10.1 Å². The van der Waals surface area contributed by atoms with Crippen LogP contribution in [0.25, 0.3) is 10.8 Å². The van der Waals surface area contributed by atoms with Gasteiger partial charge in [-0.25, -0.2) is 0 Å². The fourth-order valence-electron chi connectivity index (χ4n) is 4.30. The number of carbonyl (C=O) groups is 3. The zero-order valence-corrected chi connectivity index (χ0v) is 19.8. The summed E-state index contributed by atoms with van der Waals surface area (Å²) in [5.41, 5.74) is 1.88. The number of nitrogens with one attached hydrogen (secondary N) is 1. The van der Waals surface area contributed by atoms with Crippen molar-refractivity contribution in [3.05, 3.63) is 77.9 Å². The Kier molecular flexibility index (Phi) is 6.68. The van der Waals surface area contributed by atoms with Crippen LogP contribution in [-0.4, -0.2) is 36.0 Å². The second-order valence-corrected chi connectivity index (χ2v) is 9.66. The Bertz CT molecular complexity index is 1230. The number of benzene rings is 3. The van der Waals surface area contributed by atoms with Crippen LogP contribution in [0.2, 0.25) is 0 Å². The molecule has 0 aliphatic carbocycles. The lowest BCUT2D eigenvalue weighted by Gasteiger charge is -2.27. The number of rotatable bonds is 5. The molecule has 6 nitrogen and oxygen atoms in total.